The summed E-state index contributed by atoms with van der Waals surface area (Å²) in [6, 6.07) is 0. The normalized spacial score (nSPS) is 15.9. The zero-order valence-electron chi connectivity index (χ0n) is 13.8. The first-order valence-electron chi connectivity index (χ1n) is 8.03. The Hall–Kier alpha value is -2.03. The molecule has 4 rings (SSSR count). The summed E-state index contributed by atoms with van der Waals surface area (Å²) < 4.78 is 5.42. The number of aryl methyl sites for hydroxylation is 2. The quantitative estimate of drug-likeness (QED) is 0.757. The molecule has 0 aliphatic carbocycles. The van der Waals surface area contributed by atoms with Crippen LogP contribution in [-0.4, -0.2) is 51.4 Å². The van der Waals surface area contributed by atoms with Crippen LogP contribution in [0.3, 0.4) is 0 Å². The molecule has 24 heavy (non-hydrogen) atoms. The zero-order chi connectivity index (χ0) is 16.5. The largest absolute Gasteiger partial charge is 0.379 e. The van der Waals surface area contributed by atoms with Gasteiger partial charge in [-0.3, -0.25) is 10.00 Å². The van der Waals surface area contributed by atoms with E-state index in [0.717, 1.165) is 60.4 Å². The van der Waals surface area contributed by atoms with Crippen LogP contribution in [0.15, 0.2) is 12.4 Å². The Balaban J connectivity index is 1.72. The molecule has 7 nitrogen and oxygen atoms in total. The summed E-state index contributed by atoms with van der Waals surface area (Å²) in [6.07, 6.45) is 3.58. The van der Waals surface area contributed by atoms with Gasteiger partial charge in [0.15, 0.2) is 0 Å². The van der Waals surface area contributed by atoms with Crippen molar-refractivity contribution in [1.29, 1.82) is 0 Å². The molecule has 0 radical (unpaired) electrons. The van der Waals surface area contributed by atoms with Crippen LogP contribution >= 0.6 is 11.3 Å². The minimum atomic E-state index is 0.745. The van der Waals surface area contributed by atoms with E-state index in [1.807, 2.05) is 6.20 Å². The molecule has 3 aromatic heterocycles. The number of hydrogen-bond donors (Lipinski definition) is 2. The number of nitrogens with zero attached hydrogens (tertiary/aromatic N) is 4. The molecule has 0 amide bonds. The molecule has 2 N–H and O–H groups in total. The molecule has 126 valence electrons. The van der Waals surface area contributed by atoms with E-state index in [2.05, 4.69) is 34.3 Å². The lowest BCUT2D eigenvalue weighted by Crippen LogP contribution is -2.36. The topological polar surface area (TPSA) is 79.0 Å². The molecule has 8 heteroatoms. The van der Waals surface area contributed by atoms with E-state index >= 15 is 0 Å². The van der Waals surface area contributed by atoms with Crippen molar-refractivity contribution < 1.29 is 4.74 Å². The molecule has 0 aromatic carbocycles. The first kappa shape index (κ1) is 15.5. The summed E-state index contributed by atoms with van der Waals surface area (Å²) in [5.74, 6) is 1.70. The fourth-order valence-electron chi connectivity index (χ4n) is 2.87. The van der Waals surface area contributed by atoms with Gasteiger partial charge in [0.1, 0.15) is 16.5 Å². The Bertz CT molecular complexity index is 838. The Morgan fingerprint density at radius 3 is 2.88 bits per heavy atom. The van der Waals surface area contributed by atoms with Crippen LogP contribution in [0.2, 0.25) is 0 Å². The van der Waals surface area contributed by atoms with Crippen LogP contribution in [0.1, 0.15) is 16.3 Å². The number of thiophene rings is 1. The van der Waals surface area contributed by atoms with Crippen molar-refractivity contribution in [3.8, 4) is 0 Å². The maximum atomic E-state index is 5.42. The monoisotopic (exact) mass is 344 g/mol. The Morgan fingerprint density at radius 1 is 1.29 bits per heavy atom. The number of anilines is 2. The number of aromatic amines is 1. The summed E-state index contributed by atoms with van der Waals surface area (Å²) in [5, 5.41) is 11.3. The van der Waals surface area contributed by atoms with Gasteiger partial charge in [-0.05, 0) is 19.4 Å². The van der Waals surface area contributed by atoms with Gasteiger partial charge in [0.25, 0.3) is 0 Å². The molecule has 1 saturated heterocycles. The molecule has 1 aliphatic heterocycles. The maximum Gasteiger partial charge on any atom is 0.146 e. The highest BCUT2D eigenvalue weighted by Crippen LogP contribution is 2.34. The van der Waals surface area contributed by atoms with Crippen LogP contribution in [0.4, 0.5) is 11.5 Å². The van der Waals surface area contributed by atoms with Crippen molar-refractivity contribution >= 4 is 33.1 Å². The van der Waals surface area contributed by atoms with Crippen molar-refractivity contribution in [2.75, 3.05) is 31.6 Å². The first-order valence-corrected chi connectivity index (χ1v) is 8.85. The molecule has 3 aromatic rings. The number of ether oxygens (including phenoxy) is 1. The number of fused-ring (bicyclic) bond motifs is 1. The minimum Gasteiger partial charge on any atom is -0.379 e. The first-order chi connectivity index (χ1) is 11.7. The molecule has 1 aliphatic rings. The molecular formula is C16H20N6OS. The van der Waals surface area contributed by atoms with Gasteiger partial charge in [-0.25, -0.2) is 9.97 Å². The lowest BCUT2D eigenvalue weighted by atomic mass is 10.2. The van der Waals surface area contributed by atoms with E-state index in [1.54, 1.807) is 17.5 Å². The van der Waals surface area contributed by atoms with E-state index in [0.29, 0.717) is 0 Å². The molecular weight excluding hydrogens is 324 g/mol. The standard InChI is InChI=1S/C16H20N6OS/c1-10-11(2)24-16-14(10)15(19-12-7-17-18-8-12)20-13(21-16)9-22-3-5-23-6-4-22/h7-8H,3-6,9H2,1-2H3,(H,17,18)(H,19,20,21). The summed E-state index contributed by atoms with van der Waals surface area (Å²) in [5.41, 5.74) is 2.13. The fraction of sp³-hybridized carbons (Fsp3) is 0.438. The number of aromatic nitrogens is 4. The summed E-state index contributed by atoms with van der Waals surface area (Å²) >= 11 is 1.72. The lowest BCUT2D eigenvalue weighted by molar-refractivity contribution is 0.0331. The third-order valence-electron chi connectivity index (χ3n) is 4.30. The molecule has 0 unspecified atom stereocenters. The number of hydrogen-bond acceptors (Lipinski definition) is 7. The highest BCUT2D eigenvalue weighted by molar-refractivity contribution is 7.18. The van der Waals surface area contributed by atoms with Crippen LogP contribution < -0.4 is 5.32 Å². The van der Waals surface area contributed by atoms with Gasteiger partial charge in [-0.15, -0.1) is 11.3 Å². The van der Waals surface area contributed by atoms with Crippen molar-refractivity contribution in [2.45, 2.75) is 20.4 Å². The van der Waals surface area contributed by atoms with Crippen molar-refractivity contribution in [1.82, 2.24) is 25.1 Å². The number of rotatable bonds is 4. The third-order valence-corrected chi connectivity index (χ3v) is 5.41. The zero-order valence-corrected chi connectivity index (χ0v) is 14.6. The average molecular weight is 344 g/mol. The number of H-pyrrole nitrogens is 1. The van der Waals surface area contributed by atoms with E-state index in [1.165, 1.54) is 10.4 Å². The van der Waals surface area contributed by atoms with Gasteiger partial charge in [0.05, 0.1) is 37.0 Å². The van der Waals surface area contributed by atoms with Gasteiger partial charge in [0, 0.05) is 24.2 Å². The molecule has 1 fully saturated rings. The highest BCUT2D eigenvalue weighted by atomic mass is 32.1. The summed E-state index contributed by atoms with van der Waals surface area (Å²) in [4.78, 5) is 14.3. The number of nitrogens with one attached hydrogen (secondary N) is 2. The third kappa shape index (κ3) is 3.00. The number of morpholine rings is 1. The molecule has 4 heterocycles. The minimum absolute atomic E-state index is 0.745. The van der Waals surface area contributed by atoms with Gasteiger partial charge in [-0.2, -0.15) is 5.10 Å². The smallest absolute Gasteiger partial charge is 0.146 e. The molecule has 0 atom stereocenters. The predicted octanol–water partition coefficient (Wildman–Crippen LogP) is 2.61. The van der Waals surface area contributed by atoms with Crippen LogP contribution in [0.5, 0.6) is 0 Å². The second-order valence-electron chi connectivity index (χ2n) is 5.95. The predicted molar refractivity (Wildman–Crippen MR) is 94.9 cm³/mol. The Kier molecular flexibility index (Phi) is 4.17. The Labute approximate surface area is 144 Å². The van der Waals surface area contributed by atoms with Crippen molar-refractivity contribution in [3.63, 3.8) is 0 Å². The van der Waals surface area contributed by atoms with E-state index in [4.69, 9.17) is 14.7 Å². The van der Waals surface area contributed by atoms with Gasteiger partial charge < -0.3 is 10.1 Å². The van der Waals surface area contributed by atoms with Gasteiger partial charge >= 0.3 is 0 Å². The second-order valence-corrected chi connectivity index (χ2v) is 7.16. The lowest BCUT2D eigenvalue weighted by Gasteiger charge is -2.25. The summed E-state index contributed by atoms with van der Waals surface area (Å²) in [7, 11) is 0. The van der Waals surface area contributed by atoms with Crippen LogP contribution in [-0.2, 0) is 11.3 Å². The fourth-order valence-corrected chi connectivity index (χ4v) is 3.92. The van der Waals surface area contributed by atoms with E-state index in [-0.39, 0.29) is 0 Å². The average Bonchev–Trinajstić information content (AvgIpc) is 3.17. The highest BCUT2D eigenvalue weighted by Gasteiger charge is 2.18. The van der Waals surface area contributed by atoms with Crippen molar-refractivity contribution in [2.24, 2.45) is 0 Å². The van der Waals surface area contributed by atoms with E-state index in [9.17, 15) is 0 Å². The van der Waals surface area contributed by atoms with Gasteiger partial charge in [0.2, 0.25) is 0 Å². The second kappa shape index (κ2) is 6.46. The van der Waals surface area contributed by atoms with E-state index < -0.39 is 0 Å². The SMILES string of the molecule is Cc1sc2nc(CN3CCOCC3)nc(Nc3cn[nH]c3)c2c1C. The van der Waals surface area contributed by atoms with Crippen molar-refractivity contribution in [3.05, 3.63) is 28.7 Å². The summed E-state index contributed by atoms with van der Waals surface area (Å²) in [6.45, 7) is 8.40. The molecule has 0 saturated carbocycles. The van der Waals surface area contributed by atoms with Gasteiger partial charge in [-0.1, -0.05) is 0 Å². The Morgan fingerprint density at radius 2 is 2.12 bits per heavy atom. The van der Waals surface area contributed by atoms with Crippen LogP contribution in [0.25, 0.3) is 10.2 Å². The molecule has 0 spiro atoms. The molecule has 0 bridgehead atoms. The maximum absolute atomic E-state index is 5.42. The van der Waals surface area contributed by atoms with Crippen LogP contribution in [0, 0.1) is 13.8 Å².